The van der Waals surface area contributed by atoms with E-state index in [9.17, 15) is 8.42 Å². The van der Waals surface area contributed by atoms with Crippen LogP contribution in [0.2, 0.25) is 20.1 Å². The van der Waals surface area contributed by atoms with Gasteiger partial charge in [-0.15, -0.1) is 0 Å². The number of benzene rings is 1. The van der Waals surface area contributed by atoms with E-state index in [1.165, 1.54) is 20.2 Å². The minimum atomic E-state index is -3.70. The molecule has 0 aliphatic rings. The summed E-state index contributed by atoms with van der Waals surface area (Å²) in [5.74, 6) is 0. The van der Waals surface area contributed by atoms with E-state index in [-0.39, 0.29) is 25.0 Å². The average Bonchev–Trinajstić information content (AvgIpc) is 2.19. The van der Waals surface area contributed by atoms with Crippen molar-refractivity contribution in [3.63, 3.8) is 0 Å². The Balaban J connectivity index is 3.61. The number of hydrogen-bond donors (Lipinski definition) is 0. The summed E-state index contributed by atoms with van der Waals surface area (Å²) < 4.78 is 24.7. The molecule has 3 nitrogen and oxygen atoms in total. The lowest BCUT2D eigenvalue weighted by molar-refractivity contribution is 0.521. The first-order chi connectivity index (χ1) is 7.19. The summed E-state index contributed by atoms with van der Waals surface area (Å²) in [7, 11) is -0.941. The molecular weight excluding hydrogens is 316 g/mol. The molecule has 0 atom stereocenters. The van der Waals surface area contributed by atoms with E-state index in [0.29, 0.717) is 0 Å². The zero-order valence-electron chi connectivity index (χ0n) is 8.26. The molecule has 0 spiro atoms. The molecule has 0 radical (unpaired) electrons. The van der Waals surface area contributed by atoms with Gasteiger partial charge in [0.2, 0.25) is 10.0 Å². The average molecular weight is 323 g/mol. The van der Waals surface area contributed by atoms with Gasteiger partial charge in [-0.3, -0.25) is 0 Å². The first-order valence-corrected chi connectivity index (χ1v) is 6.90. The summed E-state index contributed by atoms with van der Waals surface area (Å²) in [5.41, 5.74) is 0. The Kier molecular flexibility index (Phi) is 4.38. The van der Waals surface area contributed by atoms with Crippen LogP contribution in [-0.4, -0.2) is 26.8 Å². The van der Waals surface area contributed by atoms with Crippen molar-refractivity contribution < 1.29 is 8.42 Å². The predicted molar refractivity (Wildman–Crippen MR) is 67.4 cm³/mol. The van der Waals surface area contributed by atoms with E-state index in [0.717, 1.165) is 4.31 Å². The Morgan fingerprint density at radius 2 is 1.50 bits per heavy atom. The fourth-order valence-corrected chi connectivity index (χ4v) is 3.14. The van der Waals surface area contributed by atoms with E-state index in [1.54, 1.807) is 0 Å². The second-order valence-electron chi connectivity index (χ2n) is 3.09. The van der Waals surface area contributed by atoms with Crippen LogP contribution in [-0.2, 0) is 10.0 Å². The van der Waals surface area contributed by atoms with Crippen molar-refractivity contribution in [1.29, 1.82) is 0 Å². The second-order valence-corrected chi connectivity index (χ2v) is 6.75. The molecule has 1 rings (SSSR count). The smallest absolute Gasteiger partial charge is 0.207 e. The Bertz CT molecular complexity index is 527. The van der Waals surface area contributed by atoms with Crippen molar-refractivity contribution in [2.75, 3.05) is 14.1 Å². The van der Waals surface area contributed by atoms with Gasteiger partial charge in [0.15, 0.2) is 0 Å². The Hall–Kier alpha value is 0.290. The summed E-state index contributed by atoms with van der Waals surface area (Å²) in [5, 5.41) is -0.136. The maximum absolute atomic E-state index is 11.8. The predicted octanol–water partition coefficient (Wildman–Crippen LogP) is 3.55. The van der Waals surface area contributed by atoms with Crippen LogP contribution in [0.5, 0.6) is 0 Å². The fraction of sp³-hybridized carbons (Fsp3) is 0.250. The number of hydrogen-bond acceptors (Lipinski definition) is 2. The second kappa shape index (κ2) is 4.88. The van der Waals surface area contributed by atoms with Gasteiger partial charge in [-0.05, 0) is 6.07 Å². The van der Waals surface area contributed by atoms with Gasteiger partial charge in [0.1, 0.15) is 4.90 Å². The Morgan fingerprint density at radius 1 is 1.00 bits per heavy atom. The van der Waals surface area contributed by atoms with Crippen molar-refractivity contribution in [1.82, 2.24) is 4.31 Å². The van der Waals surface area contributed by atoms with Gasteiger partial charge in [0.25, 0.3) is 0 Å². The molecule has 0 heterocycles. The molecule has 90 valence electrons. The van der Waals surface area contributed by atoms with Gasteiger partial charge >= 0.3 is 0 Å². The van der Waals surface area contributed by atoms with Crippen molar-refractivity contribution in [2.24, 2.45) is 0 Å². The standard InChI is InChI=1S/C8H7Cl4NO2S/c1-13(2)16(14,15)5-3-4(9)6(10)8(12)7(5)11/h3H,1-2H3. The van der Waals surface area contributed by atoms with E-state index in [1.807, 2.05) is 0 Å². The highest BCUT2D eigenvalue weighted by Gasteiger charge is 2.25. The van der Waals surface area contributed by atoms with Crippen LogP contribution in [0.15, 0.2) is 11.0 Å². The summed E-state index contributed by atoms with van der Waals surface area (Å²) in [4.78, 5) is -0.168. The molecule has 0 N–H and O–H groups in total. The van der Waals surface area contributed by atoms with Crippen LogP contribution in [0.4, 0.5) is 0 Å². The number of nitrogens with zero attached hydrogens (tertiary/aromatic N) is 1. The molecule has 16 heavy (non-hydrogen) atoms. The van der Waals surface area contributed by atoms with Crippen LogP contribution >= 0.6 is 46.4 Å². The molecule has 0 saturated carbocycles. The van der Waals surface area contributed by atoms with Crippen molar-refractivity contribution in [3.8, 4) is 0 Å². The topological polar surface area (TPSA) is 37.4 Å². The molecule has 0 fully saturated rings. The van der Waals surface area contributed by atoms with Crippen LogP contribution in [0.3, 0.4) is 0 Å². The molecule has 0 amide bonds. The van der Waals surface area contributed by atoms with Crippen LogP contribution in [0.1, 0.15) is 0 Å². The third-order valence-electron chi connectivity index (χ3n) is 1.83. The first kappa shape index (κ1) is 14.4. The normalized spacial score (nSPS) is 12.2. The highest BCUT2D eigenvalue weighted by molar-refractivity contribution is 7.89. The lowest BCUT2D eigenvalue weighted by Gasteiger charge is -2.14. The van der Waals surface area contributed by atoms with Crippen LogP contribution in [0, 0.1) is 0 Å². The molecule has 1 aromatic rings. The third kappa shape index (κ3) is 2.42. The van der Waals surface area contributed by atoms with E-state index >= 15 is 0 Å². The summed E-state index contributed by atoms with van der Waals surface area (Å²) >= 11 is 23.1. The highest BCUT2D eigenvalue weighted by Crippen LogP contribution is 2.40. The largest absolute Gasteiger partial charge is 0.244 e. The fourth-order valence-electron chi connectivity index (χ4n) is 0.936. The summed E-state index contributed by atoms with van der Waals surface area (Å²) in [6, 6.07) is 1.17. The molecule has 0 saturated heterocycles. The van der Waals surface area contributed by atoms with Crippen LogP contribution in [0.25, 0.3) is 0 Å². The van der Waals surface area contributed by atoms with Gasteiger partial charge in [-0.2, -0.15) is 0 Å². The molecular formula is C8H7Cl4NO2S. The zero-order chi connectivity index (χ0) is 12.7. The third-order valence-corrected chi connectivity index (χ3v) is 5.53. The van der Waals surface area contributed by atoms with Crippen LogP contribution < -0.4 is 0 Å². The maximum atomic E-state index is 11.8. The van der Waals surface area contributed by atoms with E-state index in [2.05, 4.69) is 0 Å². The van der Waals surface area contributed by atoms with Crippen molar-refractivity contribution >= 4 is 56.4 Å². The quantitative estimate of drug-likeness (QED) is 0.617. The van der Waals surface area contributed by atoms with E-state index in [4.69, 9.17) is 46.4 Å². The summed E-state index contributed by atoms with van der Waals surface area (Å²) in [6.45, 7) is 0. The SMILES string of the molecule is CN(C)S(=O)(=O)c1cc(Cl)c(Cl)c(Cl)c1Cl. The molecule has 0 aliphatic carbocycles. The first-order valence-electron chi connectivity index (χ1n) is 3.95. The lowest BCUT2D eigenvalue weighted by atomic mass is 10.3. The maximum Gasteiger partial charge on any atom is 0.244 e. The molecule has 8 heteroatoms. The number of rotatable bonds is 2. The Morgan fingerprint density at radius 3 is 1.94 bits per heavy atom. The molecule has 0 aromatic heterocycles. The van der Waals surface area contributed by atoms with E-state index < -0.39 is 10.0 Å². The molecule has 0 aliphatic heterocycles. The van der Waals surface area contributed by atoms with Crippen molar-refractivity contribution in [3.05, 3.63) is 26.2 Å². The highest BCUT2D eigenvalue weighted by atomic mass is 35.5. The van der Waals surface area contributed by atoms with Gasteiger partial charge in [0.05, 0.1) is 20.1 Å². The zero-order valence-corrected chi connectivity index (χ0v) is 12.1. The molecule has 0 unspecified atom stereocenters. The number of halogens is 4. The number of sulfonamides is 1. The van der Waals surface area contributed by atoms with Gasteiger partial charge < -0.3 is 0 Å². The molecule has 1 aromatic carbocycles. The minimum absolute atomic E-state index is 0.0334. The monoisotopic (exact) mass is 321 g/mol. The minimum Gasteiger partial charge on any atom is -0.207 e. The van der Waals surface area contributed by atoms with Crippen molar-refractivity contribution in [2.45, 2.75) is 4.90 Å². The van der Waals surface area contributed by atoms with Gasteiger partial charge in [-0.25, -0.2) is 12.7 Å². The Labute approximate surface area is 114 Å². The molecule has 0 bridgehead atoms. The summed E-state index contributed by atoms with van der Waals surface area (Å²) in [6.07, 6.45) is 0. The van der Waals surface area contributed by atoms with Gasteiger partial charge in [0, 0.05) is 14.1 Å². The van der Waals surface area contributed by atoms with Gasteiger partial charge in [-0.1, -0.05) is 46.4 Å². The lowest BCUT2D eigenvalue weighted by Crippen LogP contribution is -2.22.